The lowest BCUT2D eigenvalue weighted by Crippen LogP contribution is -2.39. The van der Waals surface area contributed by atoms with Crippen molar-refractivity contribution in [2.75, 3.05) is 20.1 Å². The normalized spacial score (nSPS) is 11.5. The predicted molar refractivity (Wildman–Crippen MR) is 74.7 cm³/mol. The lowest BCUT2D eigenvalue weighted by molar-refractivity contribution is 0.464. The number of benzene rings is 1. The summed E-state index contributed by atoms with van der Waals surface area (Å²) in [6.07, 6.45) is 0.840. The van der Waals surface area contributed by atoms with Crippen molar-refractivity contribution in [2.24, 2.45) is 0 Å². The third-order valence-corrected chi connectivity index (χ3v) is 4.46. The van der Waals surface area contributed by atoms with E-state index in [4.69, 9.17) is 5.26 Å². The Bertz CT molecular complexity index is 549. The molecule has 0 saturated carbocycles. The van der Waals surface area contributed by atoms with Crippen LogP contribution in [0.1, 0.15) is 17.5 Å². The minimum atomic E-state index is -3.48. The highest BCUT2D eigenvalue weighted by Gasteiger charge is 2.16. The van der Waals surface area contributed by atoms with Crippen LogP contribution < -0.4 is 4.72 Å². The number of aryl methyl sites for hydroxylation is 1. The third-order valence-electron chi connectivity index (χ3n) is 2.89. The van der Waals surface area contributed by atoms with Crippen LogP contribution in [0.3, 0.4) is 0 Å². The van der Waals surface area contributed by atoms with Crippen molar-refractivity contribution in [1.82, 2.24) is 9.03 Å². The zero-order chi connectivity index (χ0) is 14.3. The lowest BCUT2D eigenvalue weighted by Gasteiger charge is -2.16. The Balaban J connectivity index is 2.48. The summed E-state index contributed by atoms with van der Waals surface area (Å²) in [5.74, 6) is 0. The third kappa shape index (κ3) is 4.99. The molecule has 0 radical (unpaired) electrons. The Hall–Kier alpha value is -1.42. The first kappa shape index (κ1) is 15.6. The molecule has 19 heavy (non-hydrogen) atoms. The fourth-order valence-electron chi connectivity index (χ4n) is 1.64. The minimum absolute atomic E-state index is 0.190. The zero-order valence-corrected chi connectivity index (χ0v) is 12.1. The highest BCUT2D eigenvalue weighted by Crippen LogP contribution is 2.07. The van der Waals surface area contributed by atoms with Crippen LogP contribution in [0.15, 0.2) is 24.3 Å². The number of nitrogens with zero attached hydrogens (tertiary/aromatic N) is 2. The molecule has 0 aliphatic heterocycles. The van der Waals surface area contributed by atoms with E-state index in [1.54, 1.807) is 0 Å². The maximum Gasteiger partial charge on any atom is 0.279 e. The maximum absolute atomic E-state index is 11.8. The molecule has 5 nitrogen and oxygen atoms in total. The van der Waals surface area contributed by atoms with Crippen molar-refractivity contribution >= 4 is 10.2 Å². The van der Waals surface area contributed by atoms with E-state index < -0.39 is 10.2 Å². The van der Waals surface area contributed by atoms with Crippen molar-refractivity contribution in [1.29, 1.82) is 5.26 Å². The maximum atomic E-state index is 11.8. The summed E-state index contributed by atoms with van der Waals surface area (Å²) in [5.41, 5.74) is 2.28. The molecule has 6 heteroatoms. The van der Waals surface area contributed by atoms with Crippen molar-refractivity contribution in [3.8, 4) is 6.07 Å². The van der Waals surface area contributed by atoms with E-state index in [0.29, 0.717) is 13.0 Å². The molecule has 0 atom stereocenters. The van der Waals surface area contributed by atoms with Gasteiger partial charge >= 0.3 is 0 Å². The highest BCUT2D eigenvalue weighted by molar-refractivity contribution is 7.87. The molecule has 0 heterocycles. The largest absolute Gasteiger partial charge is 0.279 e. The number of nitriles is 1. The van der Waals surface area contributed by atoms with Crippen molar-refractivity contribution < 1.29 is 8.42 Å². The first-order valence-corrected chi connectivity index (χ1v) is 7.54. The standard InChI is InChI=1S/C13H19N3O2S/c1-12-6-3-4-7-13(12)8-10-15-19(17,18)16(2)11-5-9-14/h3-4,6-7,15H,5,8,10-11H2,1-2H3. The number of hydrogen-bond donors (Lipinski definition) is 1. The molecule has 104 valence electrons. The molecule has 1 N–H and O–H groups in total. The van der Waals surface area contributed by atoms with Crippen LogP contribution >= 0.6 is 0 Å². The van der Waals surface area contributed by atoms with Gasteiger partial charge in [0.2, 0.25) is 0 Å². The Morgan fingerprint density at radius 2 is 2.05 bits per heavy atom. The van der Waals surface area contributed by atoms with Gasteiger partial charge in [0, 0.05) is 26.6 Å². The van der Waals surface area contributed by atoms with Crippen LogP contribution in [0.25, 0.3) is 0 Å². The molecule has 0 aromatic heterocycles. The molecular formula is C13H19N3O2S. The molecule has 0 unspecified atom stereocenters. The van der Waals surface area contributed by atoms with Gasteiger partial charge in [-0.25, -0.2) is 4.72 Å². The topological polar surface area (TPSA) is 73.2 Å². The van der Waals surface area contributed by atoms with Gasteiger partial charge in [0.1, 0.15) is 0 Å². The SMILES string of the molecule is Cc1ccccc1CCNS(=O)(=O)N(C)CCC#N. The van der Waals surface area contributed by atoms with E-state index in [1.807, 2.05) is 37.3 Å². The Morgan fingerprint density at radius 1 is 1.37 bits per heavy atom. The summed E-state index contributed by atoms with van der Waals surface area (Å²) < 4.78 is 27.3. The van der Waals surface area contributed by atoms with Gasteiger partial charge in [-0.1, -0.05) is 24.3 Å². The van der Waals surface area contributed by atoms with E-state index in [-0.39, 0.29) is 13.0 Å². The van der Waals surface area contributed by atoms with E-state index >= 15 is 0 Å². The monoisotopic (exact) mass is 281 g/mol. The number of nitrogens with one attached hydrogen (secondary N) is 1. The van der Waals surface area contributed by atoms with Crippen molar-refractivity contribution in [3.05, 3.63) is 35.4 Å². The Kier molecular flexibility index (Phi) is 5.96. The van der Waals surface area contributed by atoms with Crippen LogP contribution in [-0.4, -0.2) is 32.9 Å². The molecule has 0 saturated heterocycles. The van der Waals surface area contributed by atoms with Crippen LogP contribution in [0.2, 0.25) is 0 Å². The highest BCUT2D eigenvalue weighted by atomic mass is 32.2. The first-order chi connectivity index (χ1) is 8.97. The minimum Gasteiger partial charge on any atom is -0.202 e. The fraction of sp³-hybridized carbons (Fsp3) is 0.462. The molecule has 0 aliphatic carbocycles. The second kappa shape index (κ2) is 7.24. The van der Waals surface area contributed by atoms with Crippen molar-refractivity contribution in [2.45, 2.75) is 19.8 Å². The van der Waals surface area contributed by atoms with Gasteiger partial charge in [-0.2, -0.15) is 18.0 Å². The fourth-order valence-corrected chi connectivity index (χ4v) is 2.56. The summed E-state index contributed by atoms with van der Waals surface area (Å²) >= 11 is 0. The van der Waals surface area contributed by atoms with E-state index in [2.05, 4.69) is 4.72 Å². The second-order valence-electron chi connectivity index (χ2n) is 4.31. The molecule has 1 aromatic carbocycles. The molecule has 0 bridgehead atoms. The van der Waals surface area contributed by atoms with Crippen LogP contribution in [0, 0.1) is 18.3 Å². The Morgan fingerprint density at radius 3 is 2.68 bits per heavy atom. The van der Waals surface area contributed by atoms with Gasteiger partial charge in [0.15, 0.2) is 0 Å². The van der Waals surface area contributed by atoms with Gasteiger partial charge in [0.05, 0.1) is 6.07 Å². The van der Waals surface area contributed by atoms with Crippen molar-refractivity contribution in [3.63, 3.8) is 0 Å². The summed E-state index contributed by atoms with van der Waals surface area (Å²) in [4.78, 5) is 0. The molecule has 1 rings (SSSR count). The molecular weight excluding hydrogens is 262 g/mol. The summed E-state index contributed by atoms with van der Waals surface area (Å²) in [7, 11) is -2.02. The average Bonchev–Trinajstić information content (AvgIpc) is 2.38. The molecule has 0 fully saturated rings. The number of rotatable bonds is 7. The second-order valence-corrected chi connectivity index (χ2v) is 6.17. The lowest BCUT2D eigenvalue weighted by atomic mass is 10.1. The molecule has 0 amide bonds. The molecule has 0 aliphatic rings. The van der Waals surface area contributed by atoms with Crippen LogP contribution in [-0.2, 0) is 16.6 Å². The van der Waals surface area contributed by atoms with E-state index in [0.717, 1.165) is 15.4 Å². The summed E-state index contributed by atoms with van der Waals surface area (Å²) in [6.45, 7) is 2.56. The van der Waals surface area contributed by atoms with Gasteiger partial charge in [-0.05, 0) is 24.5 Å². The first-order valence-electron chi connectivity index (χ1n) is 6.10. The molecule has 0 spiro atoms. The number of hydrogen-bond acceptors (Lipinski definition) is 3. The Labute approximate surface area is 115 Å². The van der Waals surface area contributed by atoms with E-state index in [1.165, 1.54) is 7.05 Å². The predicted octanol–water partition coefficient (Wildman–Crippen LogP) is 1.22. The van der Waals surface area contributed by atoms with Gasteiger partial charge < -0.3 is 0 Å². The van der Waals surface area contributed by atoms with Gasteiger partial charge in [-0.15, -0.1) is 0 Å². The van der Waals surface area contributed by atoms with Crippen LogP contribution in [0.5, 0.6) is 0 Å². The zero-order valence-electron chi connectivity index (χ0n) is 11.3. The van der Waals surface area contributed by atoms with Crippen LogP contribution in [0.4, 0.5) is 0 Å². The quantitative estimate of drug-likeness (QED) is 0.816. The summed E-state index contributed by atoms with van der Waals surface area (Å²) in [5, 5.41) is 8.44. The molecule has 1 aromatic rings. The average molecular weight is 281 g/mol. The van der Waals surface area contributed by atoms with Gasteiger partial charge in [-0.3, -0.25) is 0 Å². The van der Waals surface area contributed by atoms with Gasteiger partial charge in [0.25, 0.3) is 10.2 Å². The van der Waals surface area contributed by atoms with E-state index in [9.17, 15) is 8.42 Å². The summed E-state index contributed by atoms with van der Waals surface area (Å²) in [6, 6.07) is 9.82. The smallest absolute Gasteiger partial charge is 0.202 e.